The number of anilines is 1. The number of amides is 4. The molecule has 1 aliphatic heterocycles. The number of benzene rings is 4. The summed E-state index contributed by atoms with van der Waals surface area (Å²) in [6.07, 6.45) is 2.13. The SMILES string of the molecule is O=C1NC(=O)N(c2ccc(O)cc2)C(=O)/C1=C/c1c(Cc2ccccc2Br)ccc2ccccc12. The van der Waals surface area contributed by atoms with Gasteiger partial charge in [0, 0.05) is 4.47 Å². The predicted octanol–water partition coefficient (Wildman–Crippen LogP) is 5.57. The minimum Gasteiger partial charge on any atom is -0.508 e. The Kier molecular flexibility index (Phi) is 5.93. The van der Waals surface area contributed by atoms with Crippen LogP contribution in [0.4, 0.5) is 10.5 Å². The van der Waals surface area contributed by atoms with Crippen LogP contribution in [0, 0.1) is 0 Å². The van der Waals surface area contributed by atoms with Gasteiger partial charge < -0.3 is 5.11 Å². The monoisotopic (exact) mass is 526 g/mol. The predicted molar refractivity (Wildman–Crippen MR) is 138 cm³/mol. The van der Waals surface area contributed by atoms with Gasteiger partial charge in [-0.05, 0) is 70.3 Å². The van der Waals surface area contributed by atoms with Crippen molar-refractivity contribution in [3.05, 3.63) is 112 Å². The maximum atomic E-state index is 13.4. The molecule has 172 valence electrons. The van der Waals surface area contributed by atoms with E-state index in [9.17, 15) is 19.5 Å². The van der Waals surface area contributed by atoms with Crippen molar-refractivity contribution in [2.24, 2.45) is 0 Å². The van der Waals surface area contributed by atoms with Crippen molar-refractivity contribution in [3.8, 4) is 5.75 Å². The highest BCUT2D eigenvalue weighted by atomic mass is 79.9. The lowest BCUT2D eigenvalue weighted by atomic mass is 9.92. The van der Waals surface area contributed by atoms with E-state index in [4.69, 9.17) is 0 Å². The van der Waals surface area contributed by atoms with E-state index in [2.05, 4.69) is 21.2 Å². The first-order valence-electron chi connectivity index (χ1n) is 10.9. The maximum absolute atomic E-state index is 13.4. The number of nitrogens with zero attached hydrogens (tertiary/aromatic N) is 1. The summed E-state index contributed by atoms with van der Waals surface area (Å²) in [6.45, 7) is 0. The lowest BCUT2D eigenvalue weighted by Gasteiger charge is -2.26. The molecule has 35 heavy (non-hydrogen) atoms. The first kappa shape index (κ1) is 22.6. The van der Waals surface area contributed by atoms with Gasteiger partial charge in [-0.25, -0.2) is 9.69 Å². The second-order valence-corrected chi connectivity index (χ2v) is 8.96. The van der Waals surface area contributed by atoms with Crippen molar-refractivity contribution in [2.45, 2.75) is 6.42 Å². The van der Waals surface area contributed by atoms with Crippen LogP contribution in [0.15, 0.2) is 95.0 Å². The Morgan fingerprint density at radius 2 is 1.54 bits per heavy atom. The third-order valence-corrected chi connectivity index (χ3v) is 6.67. The molecule has 1 aliphatic rings. The molecule has 0 unspecified atom stereocenters. The van der Waals surface area contributed by atoms with Gasteiger partial charge in [0.1, 0.15) is 11.3 Å². The van der Waals surface area contributed by atoms with E-state index in [0.29, 0.717) is 6.42 Å². The first-order valence-corrected chi connectivity index (χ1v) is 11.7. The molecule has 4 aromatic carbocycles. The highest BCUT2D eigenvalue weighted by Crippen LogP contribution is 2.30. The molecule has 1 heterocycles. The number of hydrogen-bond acceptors (Lipinski definition) is 4. The zero-order chi connectivity index (χ0) is 24.5. The van der Waals surface area contributed by atoms with E-state index < -0.39 is 17.8 Å². The number of carbonyl (C=O) groups excluding carboxylic acids is 3. The van der Waals surface area contributed by atoms with Crippen LogP contribution in [0.25, 0.3) is 16.8 Å². The molecule has 2 N–H and O–H groups in total. The lowest BCUT2D eigenvalue weighted by Crippen LogP contribution is -2.54. The van der Waals surface area contributed by atoms with Gasteiger partial charge in [-0.3, -0.25) is 14.9 Å². The molecule has 0 aliphatic carbocycles. The first-order chi connectivity index (χ1) is 16.9. The van der Waals surface area contributed by atoms with Gasteiger partial charge in [0.25, 0.3) is 11.8 Å². The Hall–Kier alpha value is -4.23. The molecular weight excluding hydrogens is 508 g/mol. The van der Waals surface area contributed by atoms with Crippen LogP contribution >= 0.6 is 15.9 Å². The van der Waals surface area contributed by atoms with Gasteiger partial charge >= 0.3 is 6.03 Å². The summed E-state index contributed by atoms with van der Waals surface area (Å²) in [4.78, 5) is 39.6. The number of carbonyl (C=O) groups is 3. The molecule has 7 heteroatoms. The molecule has 4 aromatic rings. The average Bonchev–Trinajstić information content (AvgIpc) is 2.85. The van der Waals surface area contributed by atoms with E-state index in [-0.39, 0.29) is 17.0 Å². The van der Waals surface area contributed by atoms with Crippen molar-refractivity contribution < 1.29 is 19.5 Å². The average molecular weight is 527 g/mol. The number of phenols is 1. The Morgan fingerprint density at radius 3 is 2.31 bits per heavy atom. The molecule has 0 atom stereocenters. The van der Waals surface area contributed by atoms with Crippen molar-refractivity contribution in [1.82, 2.24) is 5.32 Å². The molecule has 0 saturated carbocycles. The Balaban J connectivity index is 1.65. The van der Waals surface area contributed by atoms with Crippen molar-refractivity contribution in [1.29, 1.82) is 0 Å². The van der Waals surface area contributed by atoms with Gasteiger partial charge in [-0.15, -0.1) is 0 Å². The summed E-state index contributed by atoms with van der Waals surface area (Å²) >= 11 is 3.60. The number of barbiturate groups is 1. The molecule has 1 fully saturated rings. The molecule has 6 nitrogen and oxygen atoms in total. The summed E-state index contributed by atoms with van der Waals surface area (Å²) in [5, 5.41) is 13.7. The van der Waals surface area contributed by atoms with Crippen LogP contribution in [-0.4, -0.2) is 23.0 Å². The van der Waals surface area contributed by atoms with E-state index in [0.717, 1.165) is 36.8 Å². The molecule has 0 bridgehead atoms. The number of hydrogen-bond donors (Lipinski definition) is 2. The quantitative estimate of drug-likeness (QED) is 0.269. The second kappa shape index (κ2) is 9.19. The zero-order valence-corrected chi connectivity index (χ0v) is 20.0. The van der Waals surface area contributed by atoms with Gasteiger partial charge in [0.05, 0.1) is 5.69 Å². The fourth-order valence-electron chi connectivity index (χ4n) is 4.15. The Bertz CT molecular complexity index is 1530. The van der Waals surface area contributed by atoms with Crippen LogP contribution < -0.4 is 10.2 Å². The maximum Gasteiger partial charge on any atom is 0.335 e. The smallest absolute Gasteiger partial charge is 0.335 e. The van der Waals surface area contributed by atoms with Crippen LogP contribution in [-0.2, 0) is 16.0 Å². The van der Waals surface area contributed by atoms with Crippen LogP contribution in [0.1, 0.15) is 16.7 Å². The largest absolute Gasteiger partial charge is 0.508 e. The molecule has 4 amide bonds. The summed E-state index contributed by atoms with van der Waals surface area (Å²) in [5.41, 5.74) is 2.81. The number of halogens is 1. The summed E-state index contributed by atoms with van der Waals surface area (Å²) in [6, 6.07) is 24.4. The minimum absolute atomic E-state index is 0.00192. The third kappa shape index (κ3) is 4.34. The Labute approximate surface area is 209 Å². The Morgan fingerprint density at radius 1 is 0.829 bits per heavy atom. The molecule has 0 spiro atoms. The summed E-state index contributed by atoms with van der Waals surface area (Å²) in [5.74, 6) is -1.49. The number of fused-ring (bicyclic) bond motifs is 1. The molecule has 0 aromatic heterocycles. The highest BCUT2D eigenvalue weighted by molar-refractivity contribution is 9.10. The lowest BCUT2D eigenvalue weighted by molar-refractivity contribution is -0.122. The van der Waals surface area contributed by atoms with E-state index in [1.807, 2.05) is 60.7 Å². The third-order valence-electron chi connectivity index (χ3n) is 5.90. The highest BCUT2D eigenvalue weighted by Gasteiger charge is 2.37. The summed E-state index contributed by atoms with van der Waals surface area (Å²) < 4.78 is 0.961. The minimum atomic E-state index is -0.839. The number of phenolic OH excluding ortho intramolecular Hbond substituents is 1. The van der Waals surface area contributed by atoms with Gasteiger partial charge in [-0.1, -0.05) is 70.5 Å². The zero-order valence-electron chi connectivity index (χ0n) is 18.4. The fraction of sp³-hybridized carbons (Fsp3) is 0.0357. The number of imide groups is 2. The van der Waals surface area contributed by atoms with Gasteiger partial charge in [0.15, 0.2) is 0 Å². The van der Waals surface area contributed by atoms with Crippen molar-refractivity contribution >= 4 is 56.3 Å². The van der Waals surface area contributed by atoms with E-state index in [1.54, 1.807) is 6.08 Å². The number of aromatic hydroxyl groups is 1. The van der Waals surface area contributed by atoms with Gasteiger partial charge in [0.2, 0.25) is 0 Å². The number of nitrogens with one attached hydrogen (secondary N) is 1. The summed E-state index contributed by atoms with van der Waals surface area (Å²) in [7, 11) is 0. The van der Waals surface area contributed by atoms with Crippen molar-refractivity contribution in [3.63, 3.8) is 0 Å². The van der Waals surface area contributed by atoms with E-state index in [1.165, 1.54) is 24.3 Å². The number of urea groups is 1. The topological polar surface area (TPSA) is 86.7 Å². The second-order valence-electron chi connectivity index (χ2n) is 8.10. The van der Waals surface area contributed by atoms with Crippen molar-refractivity contribution in [2.75, 3.05) is 4.90 Å². The molecule has 1 saturated heterocycles. The standard InChI is InChI=1S/C28H19BrN2O4/c29-25-8-4-2-6-19(25)15-18-10-9-17-5-1-3-7-22(17)23(18)16-24-26(33)30-28(35)31(27(24)34)20-11-13-21(32)14-12-20/h1-14,16,32H,15H2,(H,30,33,35)/b24-16+. The normalized spacial score (nSPS) is 15.1. The van der Waals surface area contributed by atoms with Crippen LogP contribution in [0.2, 0.25) is 0 Å². The van der Waals surface area contributed by atoms with Gasteiger partial charge in [-0.2, -0.15) is 0 Å². The molecule has 0 radical (unpaired) electrons. The molecular formula is C28H19BrN2O4. The van der Waals surface area contributed by atoms with Crippen LogP contribution in [0.3, 0.4) is 0 Å². The van der Waals surface area contributed by atoms with Crippen LogP contribution in [0.5, 0.6) is 5.75 Å². The molecule has 5 rings (SSSR count). The fourth-order valence-corrected chi connectivity index (χ4v) is 4.58. The number of rotatable bonds is 4. The van der Waals surface area contributed by atoms with E-state index >= 15 is 0 Å².